The number of rotatable bonds is 5. The summed E-state index contributed by atoms with van der Waals surface area (Å²) in [6.07, 6.45) is -0.602. The SMILES string of the molecule is CC(O)CN(C(=O)Cc1cc(Br)ccc1F)C(C)C. The monoisotopic (exact) mass is 331 g/mol. The molecule has 1 aromatic rings. The summed E-state index contributed by atoms with van der Waals surface area (Å²) in [6, 6.07) is 4.51. The average molecular weight is 332 g/mol. The fraction of sp³-hybridized carbons (Fsp3) is 0.500. The smallest absolute Gasteiger partial charge is 0.227 e. The summed E-state index contributed by atoms with van der Waals surface area (Å²) in [5.74, 6) is -0.579. The summed E-state index contributed by atoms with van der Waals surface area (Å²) < 4.78 is 14.4. The molecule has 3 nitrogen and oxygen atoms in total. The van der Waals surface area contributed by atoms with Gasteiger partial charge in [-0.2, -0.15) is 0 Å². The summed E-state index contributed by atoms with van der Waals surface area (Å²) >= 11 is 3.26. The Balaban J connectivity index is 2.84. The van der Waals surface area contributed by atoms with E-state index < -0.39 is 11.9 Å². The molecular formula is C14H19BrFNO2. The molecule has 0 bridgehead atoms. The molecule has 0 spiro atoms. The Labute approximate surface area is 121 Å². The third-order valence-electron chi connectivity index (χ3n) is 2.75. The summed E-state index contributed by atoms with van der Waals surface area (Å²) in [7, 11) is 0. The van der Waals surface area contributed by atoms with Gasteiger partial charge in [0.1, 0.15) is 5.82 Å². The average Bonchev–Trinajstić information content (AvgIpc) is 2.30. The van der Waals surface area contributed by atoms with Crippen molar-refractivity contribution >= 4 is 21.8 Å². The van der Waals surface area contributed by atoms with Crippen LogP contribution in [-0.4, -0.2) is 34.6 Å². The van der Waals surface area contributed by atoms with Crippen LogP contribution in [-0.2, 0) is 11.2 Å². The summed E-state index contributed by atoms with van der Waals surface area (Å²) in [6.45, 7) is 5.63. The highest BCUT2D eigenvalue weighted by Gasteiger charge is 2.20. The molecular weight excluding hydrogens is 313 g/mol. The molecule has 106 valence electrons. The molecule has 0 heterocycles. The Morgan fingerprint density at radius 1 is 1.42 bits per heavy atom. The molecule has 1 rings (SSSR count). The van der Waals surface area contributed by atoms with E-state index in [0.717, 1.165) is 4.47 Å². The molecule has 0 aliphatic carbocycles. The van der Waals surface area contributed by atoms with E-state index in [1.165, 1.54) is 6.07 Å². The predicted octanol–water partition coefficient (Wildman–Crippen LogP) is 2.75. The number of halogens is 2. The van der Waals surface area contributed by atoms with Crippen LogP contribution in [0.4, 0.5) is 4.39 Å². The van der Waals surface area contributed by atoms with E-state index in [0.29, 0.717) is 5.56 Å². The first-order valence-corrected chi connectivity index (χ1v) is 7.02. The minimum absolute atomic E-state index is 0.00380. The van der Waals surface area contributed by atoms with Gasteiger partial charge in [-0.25, -0.2) is 4.39 Å². The summed E-state index contributed by atoms with van der Waals surface area (Å²) in [5.41, 5.74) is 0.357. The van der Waals surface area contributed by atoms with Crippen LogP contribution >= 0.6 is 15.9 Å². The van der Waals surface area contributed by atoms with Crippen molar-refractivity contribution in [3.05, 3.63) is 34.1 Å². The molecule has 1 atom stereocenters. The van der Waals surface area contributed by atoms with Crippen LogP contribution in [0.2, 0.25) is 0 Å². The van der Waals surface area contributed by atoms with E-state index in [9.17, 15) is 14.3 Å². The number of carbonyl (C=O) groups excluding carboxylic acids is 1. The predicted molar refractivity (Wildman–Crippen MR) is 76.3 cm³/mol. The fourth-order valence-corrected chi connectivity index (χ4v) is 2.24. The number of benzene rings is 1. The summed E-state index contributed by atoms with van der Waals surface area (Å²) in [5, 5.41) is 9.41. The first-order valence-electron chi connectivity index (χ1n) is 6.22. The second kappa shape index (κ2) is 7.01. The van der Waals surface area contributed by atoms with E-state index in [1.54, 1.807) is 24.0 Å². The van der Waals surface area contributed by atoms with Crippen LogP contribution in [0.3, 0.4) is 0 Å². The molecule has 0 fully saturated rings. The Kier molecular flexibility index (Phi) is 5.94. The number of hydrogen-bond donors (Lipinski definition) is 1. The van der Waals surface area contributed by atoms with Crippen molar-refractivity contribution < 1.29 is 14.3 Å². The third kappa shape index (κ3) is 4.91. The fourth-order valence-electron chi connectivity index (χ4n) is 1.83. The largest absolute Gasteiger partial charge is 0.392 e. The molecule has 0 saturated carbocycles. The minimum Gasteiger partial charge on any atom is -0.392 e. The van der Waals surface area contributed by atoms with Gasteiger partial charge in [-0.1, -0.05) is 15.9 Å². The van der Waals surface area contributed by atoms with Crippen LogP contribution in [0.15, 0.2) is 22.7 Å². The quantitative estimate of drug-likeness (QED) is 0.901. The molecule has 19 heavy (non-hydrogen) atoms. The highest BCUT2D eigenvalue weighted by atomic mass is 79.9. The van der Waals surface area contributed by atoms with E-state index in [4.69, 9.17) is 0 Å². The van der Waals surface area contributed by atoms with Crippen molar-refractivity contribution in [3.63, 3.8) is 0 Å². The lowest BCUT2D eigenvalue weighted by Crippen LogP contribution is -2.42. The van der Waals surface area contributed by atoms with Gasteiger partial charge in [0.2, 0.25) is 5.91 Å². The maximum absolute atomic E-state index is 13.6. The molecule has 0 aliphatic heterocycles. The van der Waals surface area contributed by atoms with Crippen molar-refractivity contribution in [2.45, 2.75) is 39.3 Å². The molecule has 0 radical (unpaired) electrons. The third-order valence-corrected chi connectivity index (χ3v) is 3.25. The van der Waals surface area contributed by atoms with Crippen molar-refractivity contribution in [2.75, 3.05) is 6.54 Å². The zero-order chi connectivity index (χ0) is 14.6. The molecule has 0 aromatic heterocycles. The Morgan fingerprint density at radius 2 is 2.05 bits per heavy atom. The maximum Gasteiger partial charge on any atom is 0.227 e. The topological polar surface area (TPSA) is 40.5 Å². The number of aliphatic hydroxyl groups is 1. The molecule has 5 heteroatoms. The van der Waals surface area contributed by atoms with Gasteiger partial charge in [-0.3, -0.25) is 4.79 Å². The molecule has 1 amide bonds. The molecule has 0 saturated heterocycles. The number of nitrogens with zero attached hydrogens (tertiary/aromatic N) is 1. The van der Waals surface area contributed by atoms with Gasteiger partial charge in [0.25, 0.3) is 0 Å². The zero-order valence-electron chi connectivity index (χ0n) is 11.4. The first kappa shape index (κ1) is 16.1. The first-order chi connectivity index (χ1) is 8.81. The second-order valence-electron chi connectivity index (χ2n) is 4.90. The number of hydrogen-bond acceptors (Lipinski definition) is 2. The van der Waals surface area contributed by atoms with Crippen LogP contribution in [0.25, 0.3) is 0 Å². The lowest BCUT2D eigenvalue weighted by atomic mass is 10.1. The lowest BCUT2D eigenvalue weighted by Gasteiger charge is -2.28. The number of carbonyl (C=O) groups is 1. The van der Waals surface area contributed by atoms with Crippen LogP contribution in [0.5, 0.6) is 0 Å². The normalized spacial score (nSPS) is 12.6. The number of aliphatic hydroxyl groups excluding tert-OH is 1. The van der Waals surface area contributed by atoms with Crippen molar-refractivity contribution in [3.8, 4) is 0 Å². The zero-order valence-corrected chi connectivity index (χ0v) is 12.9. The molecule has 0 aliphatic rings. The Hall–Kier alpha value is -0.940. The minimum atomic E-state index is -0.598. The van der Waals surface area contributed by atoms with E-state index in [2.05, 4.69) is 15.9 Å². The van der Waals surface area contributed by atoms with Crippen molar-refractivity contribution in [1.29, 1.82) is 0 Å². The Bertz CT molecular complexity index is 449. The standard InChI is InChI=1S/C14H19BrFNO2/c1-9(2)17(8-10(3)18)14(19)7-11-6-12(15)4-5-13(11)16/h4-6,9-10,18H,7-8H2,1-3H3. The van der Waals surface area contributed by atoms with Crippen molar-refractivity contribution in [2.24, 2.45) is 0 Å². The Morgan fingerprint density at radius 3 is 2.58 bits per heavy atom. The highest BCUT2D eigenvalue weighted by Crippen LogP contribution is 2.17. The number of amides is 1. The summed E-state index contributed by atoms with van der Waals surface area (Å²) in [4.78, 5) is 13.7. The van der Waals surface area contributed by atoms with Gasteiger partial charge >= 0.3 is 0 Å². The van der Waals surface area contributed by atoms with Gasteiger partial charge in [-0.05, 0) is 44.5 Å². The van der Waals surface area contributed by atoms with Gasteiger partial charge in [-0.15, -0.1) is 0 Å². The van der Waals surface area contributed by atoms with Crippen LogP contribution in [0, 0.1) is 5.82 Å². The highest BCUT2D eigenvalue weighted by molar-refractivity contribution is 9.10. The van der Waals surface area contributed by atoms with Gasteiger partial charge in [0.05, 0.1) is 12.5 Å². The maximum atomic E-state index is 13.6. The van der Waals surface area contributed by atoms with Crippen LogP contribution < -0.4 is 0 Å². The van der Waals surface area contributed by atoms with Crippen molar-refractivity contribution in [1.82, 2.24) is 4.90 Å². The van der Waals surface area contributed by atoms with Gasteiger partial charge < -0.3 is 10.0 Å². The van der Waals surface area contributed by atoms with E-state index in [1.807, 2.05) is 13.8 Å². The molecule has 1 unspecified atom stereocenters. The second-order valence-corrected chi connectivity index (χ2v) is 5.82. The van der Waals surface area contributed by atoms with Crippen LogP contribution in [0.1, 0.15) is 26.3 Å². The van der Waals surface area contributed by atoms with Gasteiger partial charge in [0, 0.05) is 17.1 Å². The van der Waals surface area contributed by atoms with Gasteiger partial charge in [0.15, 0.2) is 0 Å². The molecule has 1 aromatic carbocycles. The van der Waals surface area contributed by atoms with E-state index in [-0.39, 0.29) is 24.9 Å². The molecule has 1 N–H and O–H groups in total. The van der Waals surface area contributed by atoms with E-state index >= 15 is 0 Å². The lowest BCUT2D eigenvalue weighted by molar-refractivity contribution is -0.133.